The van der Waals surface area contributed by atoms with Gasteiger partial charge < -0.3 is 20.5 Å². The van der Waals surface area contributed by atoms with Crippen molar-refractivity contribution in [2.24, 2.45) is 0 Å². The minimum Gasteiger partial charge on any atom is -0.390 e. The Morgan fingerprint density at radius 1 is 1.05 bits per heavy atom. The van der Waals surface area contributed by atoms with Crippen molar-refractivity contribution in [3.63, 3.8) is 0 Å². The summed E-state index contributed by atoms with van der Waals surface area (Å²) in [7, 11) is 1.72. The number of amides is 1. The molecule has 3 aromatic rings. The Hall–Kier alpha value is -2.88. The molecule has 1 saturated heterocycles. The van der Waals surface area contributed by atoms with E-state index in [1.807, 2.05) is 31.2 Å². The molecule has 1 amide bonds. The summed E-state index contributed by atoms with van der Waals surface area (Å²) >= 11 is 0. The van der Waals surface area contributed by atoms with Gasteiger partial charge >= 0.3 is 0 Å². The van der Waals surface area contributed by atoms with Crippen molar-refractivity contribution in [1.29, 1.82) is 0 Å². The van der Waals surface area contributed by atoms with E-state index in [4.69, 9.17) is 4.74 Å². The number of carbonyl (C=O) groups is 1. The van der Waals surface area contributed by atoms with E-state index < -0.39 is 23.8 Å². The Balaban J connectivity index is 0.00000506. The molecule has 0 radical (unpaired) electrons. The van der Waals surface area contributed by atoms with Crippen LogP contribution in [0.3, 0.4) is 0 Å². The van der Waals surface area contributed by atoms with E-state index >= 15 is 0 Å². The summed E-state index contributed by atoms with van der Waals surface area (Å²) in [5.41, 5.74) is 5.15. The van der Waals surface area contributed by atoms with E-state index in [-0.39, 0.29) is 31.3 Å². The Kier molecular flexibility index (Phi) is 13.5. The van der Waals surface area contributed by atoms with Gasteiger partial charge in [-0.05, 0) is 85.7 Å². The van der Waals surface area contributed by atoms with Gasteiger partial charge in [-0.2, -0.15) is 0 Å². The predicted octanol–water partition coefficient (Wildman–Crippen LogP) is 5.36. The molecule has 1 aliphatic heterocycles. The topological polar surface area (TPSA) is 73.8 Å². The number of methoxy groups -OCH3 is 1. The fourth-order valence-corrected chi connectivity index (χ4v) is 5.79. The lowest BCUT2D eigenvalue weighted by atomic mass is 9.99. The highest BCUT2D eigenvalue weighted by molar-refractivity contribution is 5.94. The standard InChI is InChI=1S/C34H43F2N3O3.ClH/c1-4-24-7-5-8-25(13-24)19-37-20-33(40)32(17-26-15-29(35)18-30(36)16-26)38-34(41)28-12-23(2)11-27(14-28)21-39-10-6-9-31(39)22-42-3;/h5,7-8,11-16,18,31-33,37,40H,4,6,9-10,17,19-22H2,1-3H3,(H,38,41);1H/t31-,32+,33+;/m1./s1. The van der Waals surface area contributed by atoms with Crippen LogP contribution in [-0.4, -0.2) is 60.9 Å². The third-order valence-corrected chi connectivity index (χ3v) is 7.88. The number of carbonyl (C=O) groups excluding carboxylic acids is 1. The molecule has 0 aliphatic carbocycles. The molecule has 1 fully saturated rings. The molecular formula is C34H44ClF2N3O3. The molecule has 0 aromatic heterocycles. The van der Waals surface area contributed by atoms with Gasteiger partial charge in [-0.15, -0.1) is 12.4 Å². The van der Waals surface area contributed by atoms with Crippen molar-refractivity contribution in [3.05, 3.63) is 106 Å². The van der Waals surface area contributed by atoms with Crippen LogP contribution in [0.5, 0.6) is 0 Å². The predicted molar refractivity (Wildman–Crippen MR) is 169 cm³/mol. The van der Waals surface area contributed by atoms with E-state index in [9.17, 15) is 18.7 Å². The molecule has 9 heteroatoms. The van der Waals surface area contributed by atoms with Crippen LogP contribution in [0.4, 0.5) is 8.78 Å². The Morgan fingerprint density at radius 3 is 2.51 bits per heavy atom. The van der Waals surface area contributed by atoms with Crippen molar-refractivity contribution in [1.82, 2.24) is 15.5 Å². The third kappa shape index (κ3) is 10.4. The van der Waals surface area contributed by atoms with Crippen molar-refractivity contribution < 1.29 is 23.4 Å². The maximum atomic E-state index is 14.0. The zero-order valence-electron chi connectivity index (χ0n) is 25.2. The second-order valence-electron chi connectivity index (χ2n) is 11.4. The van der Waals surface area contributed by atoms with Crippen molar-refractivity contribution in [2.75, 3.05) is 26.8 Å². The third-order valence-electron chi connectivity index (χ3n) is 7.88. The van der Waals surface area contributed by atoms with Crippen molar-refractivity contribution in [3.8, 4) is 0 Å². The number of rotatable bonds is 14. The van der Waals surface area contributed by atoms with Gasteiger partial charge in [0, 0.05) is 44.4 Å². The van der Waals surface area contributed by atoms with Crippen LogP contribution in [-0.2, 0) is 30.7 Å². The first-order valence-electron chi connectivity index (χ1n) is 14.8. The molecule has 0 unspecified atom stereocenters. The molecule has 1 heterocycles. The van der Waals surface area contributed by atoms with Gasteiger partial charge in [0.25, 0.3) is 5.91 Å². The summed E-state index contributed by atoms with van der Waals surface area (Å²) in [5.74, 6) is -1.74. The van der Waals surface area contributed by atoms with Crippen LogP contribution in [0.25, 0.3) is 0 Å². The van der Waals surface area contributed by atoms with E-state index in [1.54, 1.807) is 7.11 Å². The quantitative estimate of drug-likeness (QED) is 0.228. The average molecular weight is 616 g/mol. The molecular weight excluding hydrogens is 572 g/mol. The van der Waals surface area contributed by atoms with E-state index in [0.29, 0.717) is 36.9 Å². The number of nitrogens with one attached hydrogen (secondary N) is 2. The molecule has 0 bridgehead atoms. The van der Waals surface area contributed by atoms with Crippen LogP contribution in [0.1, 0.15) is 57.9 Å². The van der Waals surface area contributed by atoms with Crippen LogP contribution >= 0.6 is 12.4 Å². The van der Waals surface area contributed by atoms with E-state index in [2.05, 4.69) is 40.7 Å². The molecule has 4 rings (SSSR count). The smallest absolute Gasteiger partial charge is 0.251 e. The molecule has 3 aromatic carbocycles. The molecule has 0 spiro atoms. The Bertz CT molecular complexity index is 1320. The highest BCUT2D eigenvalue weighted by Crippen LogP contribution is 2.22. The average Bonchev–Trinajstić information content (AvgIpc) is 3.38. The van der Waals surface area contributed by atoms with Crippen LogP contribution in [0.15, 0.2) is 60.7 Å². The maximum absolute atomic E-state index is 14.0. The summed E-state index contributed by atoms with van der Waals surface area (Å²) in [6.07, 6.45) is 2.20. The van der Waals surface area contributed by atoms with Crippen molar-refractivity contribution in [2.45, 2.75) is 70.8 Å². The normalized spacial score (nSPS) is 16.5. The van der Waals surface area contributed by atoms with Crippen LogP contribution in [0, 0.1) is 18.6 Å². The molecule has 234 valence electrons. The number of nitrogens with zero attached hydrogens (tertiary/aromatic N) is 1. The summed E-state index contributed by atoms with van der Waals surface area (Å²) in [4.78, 5) is 15.9. The molecule has 0 saturated carbocycles. The summed E-state index contributed by atoms with van der Waals surface area (Å²) in [5, 5.41) is 17.4. The van der Waals surface area contributed by atoms with Gasteiger partial charge in [-0.25, -0.2) is 8.78 Å². The summed E-state index contributed by atoms with van der Waals surface area (Å²) < 4.78 is 33.3. The minimum atomic E-state index is -1.00. The van der Waals surface area contributed by atoms with E-state index in [1.165, 1.54) is 17.7 Å². The number of aryl methyl sites for hydroxylation is 2. The first-order valence-corrected chi connectivity index (χ1v) is 14.8. The highest BCUT2D eigenvalue weighted by atomic mass is 35.5. The summed E-state index contributed by atoms with van der Waals surface area (Å²) in [6, 6.07) is 16.8. The molecule has 6 nitrogen and oxygen atoms in total. The SMILES string of the molecule is CCc1cccc(CNC[C@H](O)[C@H](Cc2cc(F)cc(F)c2)NC(=O)c2cc(C)cc(CN3CCC[C@@H]3COC)c2)c1.Cl. The number of ether oxygens (including phenoxy) is 1. The fourth-order valence-electron chi connectivity index (χ4n) is 5.79. The lowest BCUT2D eigenvalue weighted by Crippen LogP contribution is -2.48. The first kappa shape index (κ1) is 34.6. The second kappa shape index (κ2) is 16.8. The van der Waals surface area contributed by atoms with Crippen LogP contribution < -0.4 is 10.6 Å². The van der Waals surface area contributed by atoms with Crippen molar-refractivity contribution >= 4 is 18.3 Å². The zero-order chi connectivity index (χ0) is 30.1. The number of likely N-dealkylation sites (tertiary alicyclic amines) is 1. The number of hydrogen-bond acceptors (Lipinski definition) is 5. The van der Waals surface area contributed by atoms with E-state index in [0.717, 1.165) is 48.6 Å². The molecule has 3 N–H and O–H groups in total. The molecule has 1 aliphatic rings. The van der Waals surface area contributed by atoms with Gasteiger partial charge in [0.05, 0.1) is 18.8 Å². The monoisotopic (exact) mass is 615 g/mol. The highest BCUT2D eigenvalue weighted by Gasteiger charge is 2.26. The maximum Gasteiger partial charge on any atom is 0.251 e. The van der Waals surface area contributed by atoms with Gasteiger partial charge in [-0.1, -0.05) is 42.8 Å². The lowest BCUT2D eigenvalue weighted by molar-refractivity contribution is 0.0829. The van der Waals surface area contributed by atoms with Gasteiger partial charge in [0.1, 0.15) is 11.6 Å². The van der Waals surface area contributed by atoms with Gasteiger partial charge in [-0.3, -0.25) is 9.69 Å². The Morgan fingerprint density at radius 2 is 1.79 bits per heavy atom. The van der Waals surface area contributed by atoms with Crippen LogP contribution in [0.2, 0.25) is 0 Å². The largest absolute Gasteiger partial charge is 0.390 e. The number of aliphatic hydroxyl groups excluding tert-OH is 1. The molecule has 3 atom stereocenters. The minimum absolute atomic E-state index is 0. The first-order chi connectivity index (χ1) is 20.2. The van der Waals surface area contributed by atoms with Gasteiger partial charge in [0.15, 0.2) is 0 Å². The van der Waals surface area contributed by atoms with Gasteiger partial charge in [0.2, 0.25) is 0 Å². The number of benzene rings is 3. The number of halogens is 3. The zero-order valence-corrected chi connectivity index (χ0v) is 26.1. The number of hydrogen-bond donors (Lipinski definition) is 3. The fraction of sp³-hybridized carbons (Fsp3) is 0.441. The Labute approximate surface area is 260 Å². The second-order valence-corrected chi connectivity index (χ2v) is 11.4. The number of aliphatic hydroxyl groups is 1. The molecule has 43 heavy (non-hydrogen) atoms. The lowest BCUT2D eigenvalue weighted by Gasteiger charge is -2.26. The summed E-state index contributed by atoms with van der Waals surface area (Å²) in [6.45, 7) is 7.16.